The van der Waals surface area contributed by atoms with E-state index in [0.717, 1.165) is 0 Å². The first kappa shape index (κ1) is 14.9. The quantitative estimate of drug-likeness (QED) is 0.533. The maximum atomic E-state index is 13.1. The lowest BCUT2D eigenvalue weighted by molar-refractivity contribution is -0.385. The van der Waals surface area contributed by atoms with Gasteiger partial charge in [0, 0.05) is 12.6 Å². The number of tetrazole rings is 1. The van der Waals surface area contributed by atoms with Crippen molar-refractivity contribution in [1.29, 1.82) is 0 Å². The number of rotatable bonds is 3. The van der Waals surface area contributed by atoms with Crippen molar-refractivity contribution in [1.82, 2.24) is 20.2 Å². The number of para-hydroxylation sites is 1. The van der Waals surface area contributed by atoms with E-state index in [0.29, 0.717) is 35.5 Å². The minimum absolute atomic E-state index is 0.0431. The van der Waals surface area contributed by atoms with Crippen LogP contribution in [0.15, 0.2) is 48.8 Å². The molecule has 9 nitrogen and oxygen atoms in total. The van der Waals surface area contributed by atoms with Crippen molar-refractivity contribution < 1.29 is 9.72 Å². The van der Waals surface area contributed by atoms with Crippen LogP contribution in [0.25, 0.3) is 5.69 Å². The minimum atomic E-state index is -0.415. The molecule has 0 fully saturated rings. The fourth-order valence-corrected chi connectivity index (χ4v) is 3.07. The van der Waals surface area contributed by atoms with E-state index < -0.39 is 4.92 Å². The smallest absolute Gasteiger partial charge is 0.274 e. The summed E-state index contributed by atoms with van der Waals surface area (Å²) in [5.74, 6) is -0.245. The molecule has 124 valence electrons. The van der Waals surface area contributed by atoms with Gasteiger partial charge >= 0.3 is 0 Å². The molecule has 2 heterocycles. The third kappa shape index (κ3) is 2.42. The number of carbonyl (C=O) groups is 1. The van der Waals surface area contributed by atoms with E-state index in [4.69, 9.17) is 0 Å². The number of hydrogen-bond acceptors (Lipinski definition) is 6. The Balaban J connectivity index is 1.76. The van der Waals surface area contributed by atoms with Crippen LogP contribution in [0.1, 0.15) is 15.9 Å². The highest BCUT2D eigenvalue weighted by Gasteiger charge is 2.31. The van der Waals surface area contributed by atoms with Gasteiger partial charge in [0.2, 0.25) is 0 Å². The zero-order valence-electron chi connectivity index (χ0n) is 12.9. The normalized spacial score (nSPS) is 12.9. The molecule has 1 aliphatic rings. The van der Waals surface area contributed by atoms with Crippen molar-refractivity contribution in [2.75, 3.05) is 11.4 Å². The Morgan fingerprint density at radius 3 is 2.68 bits per heavy atom. The molecule has 2 aromatic carbocycles. The van der Waals surface area contributed by atoms with Crippen LogP contribution in [-0.2, 0) is 6.42 Å². The van der Waals surface area contributed by atoms with Gasteiger partial charge in [0.1, 0.15) is 6.33 Å². The Labute approximate surface area is 141 Å². The van der Waals surface area contributed by atoms with Gasteiger partial charge in [-0.1, -0.05) is 18.2 Å². The number of amides is 1. The summed E-state index contributed by atoms with van der Waals surface area (Å²) in [4.78, 5) is 25.4. The second-order valence-corrected chi connectivity index (χ2v) is 5.51. The molecule has 1 aliphatic heterocycles. The van der Waals surface area contributed by atoms with Crippen LogP contribution in [0.4, 0.5) is 11.4 Å². The molecular weight excluding hydrogens is 324 g/mol. The van der Waals surface area contributed by atoms with Crippen molar-refractivity contribution in [2.45, 2.75) is 6.42 Å². The zero-order valence-corrected chi connectivity index (χ0v) is 12.9. The highest BCUT2D eigenvalue weighted by molar-refractivity contribution is 6.09. The van der Waals surface area contributed by atoms with Gasteiger partial charge in [0.05, 0.1) is 27.4 Å². The summed E-state index contributed by atoms with van der Waals surface area (Å²) in [5, 5.41) is 22.2. The number of carbonyl (C=O) groups excluding carboxylic acids is 1. The lowest BCUT2D eigenvalue weighted by atomic mass is 10.1. The number of aromatic nitrogens is 4. The van der Waals surface area contributed by atoms with Crippen molar-refractivity contribution in [3.63, 3.8) is 0 Å². The Morgan fingerprint density at radius 2 is 1.92 bits per heavy atom. The van der Waals surface area contributed by atoms with Gasteiger partial charge in [0.15, 0.2) is 0 Å². The largest absolute Gasteiger partial charge is 0.307 e. The molecule has 1 amide bonds. The third-order valence-corrected chi connectivity index (χ3v) is 4.17. The average molecular weight is 336 g/mol. The standard InChI is InChI=1S/C16H12N6O3/c23-16(12-4-1-2-5-14(12)21-10-17-18-19-21)20-9-8-11-13(20)6-3-7-15(11)22(24)25/h1-7,10H,8-9H2. The summed E-state index contributed by atoms with van der Waals surface area (Å²) in [7, 11) is 0. The highest BCUT2D eigenvalue weighted by Crippen LogP contribution is 2.36. The summed E-state index contributed by atoms with van der Waals surface area (Å²) in [6.45, 7) is 0.392. The lowest BCUT2D eigenvalue weighted by Gasteiger charge is -2.18. The summed E-state index contributed by atoms with van der Waals surface area (Å²) in [6.07, 6.45) is 1.86. The number of nitro groups is 1. The van der Waals surface area contributed by atoms with E-state index in [1.54, 1.807) is 41.3 Å². The van der Waals surface area contributed by atoms with Gasteiger partial charge in [-0.3, -0.25) is 14.9 Å². The molecule has 4 rings (SSSR count). The maximum absolute atomic E-state index is 13.1. The maximum Gasteiger partial charge on any atom is 0.274 e. The van der Waals surface area contributed by atoms with Gasteiger partial charge in [-0.05, 0) is 35.0 Å². The second kappa shape index (κ2) is 5.78. The van der Waals surface area contributed by atoms with Crippen LogP contribution < -0.4 is 4.90 Å². The minimum Gasteiger partial charge on any atom is -0.307 e. The first-order chi connectivity index (χ1) is 12.2. The zero-order chi connectivity index (χ0) is 17.4. The number of nitro benzene ring substituents is 1. The van der Waals surface area contributed by atoms with Gasteiger partial charge in [0.25, 0.3) is 11.6 Å². The van der Waals surface area contributed by atoms with Crippen LogP contribution in [0.3, 0.4) is 0 Å². The molecule has 0 aliphatic carbocycles. The van der Waals surface area contributed by atoms with Crippen LogP contribution in [-0.4, -0.2) is 37.6 Å². The van der Waals surface area contributed by atoms with Crippen molar-refractivity contribution in [3.05, 3.63) is 70.0 Å². The van der Waals surface area contributed by atoms with E-state index in [9.17, 15) is 14.9 Å². The fraction of sp³-hybridized carbons (Fsp3) is 0.125. The van der Waals surface area contributed by atoms with Crippen LogP contribution in [0.5, 0.6) is 0 Å². The average Bonchev–Trinajstić information content (AvgIpc) is 3.30. The van der Waals surface area contributed by atoms with Gasteiger partial charge < -0.3 is 4.90 Å². The molecule has 0 saturated carbocycles. The van der Waals surface area contributed by atoms with E-state index in [1.165, 1.54) is 17.1 Å². The van der Waals surface area contributed by atoms with Crippen LogP contribution >= 0.6 is 0 Å². The van der Waals surface area contributed by atoms with E-state index >= 15 is 0 Å². The van der Waals surface area contributed by atoms with Gasteiger partial charge in [-0.25, -0.2) is 0 Å². The molecule has 0 unspecified atom stereocenters. The number of hydrogen-bond donors (Lipinski definition) is 0. The molecule has 0 saturated heterocycles. The monoisotopic (exact) mass is 336 g/mol. The molecular formula is C16H12N6O3. The highest BCUT2D eigenvalue weighted by atomic mass is 16.6. The summed E-state index contributed by atoms with van der Waals surface area (Å²) < 4.78 is 1.41. The fourth-order valence-electron chi connectivity index (χ4n) is 3.07. The third-order valence-electron chi connectivity index (χ3n) is 4.17. The van der Waals surface area contributed by atoms with Crippen LogP contribution in [0, 0.1) is 10.1 Å². The topological polar surface area (TPSA) is 107 Å². The lowest BCUT2D eigenvalue weighted by Crippen LogP contribution is -2.29. The number of benzene rings is 2. The van der Waals surface area contributed by atoms with Crippen LogP contribution in [0.2, 0.25) is 0 Å². The van der Waals surface area contributed by atoms with E-state index in [1.807, 2.05) is 0 Å². The SMILES string of the molecule is O=C(c1ccccc1-n1cnnn1)N1CCc2c1cccc2[N+](=O)[O-]. The second-order valence-electron chi connectivity index (χ2n) is 5.51. The van der Waals surface area contributed by atoms with E-state index in [2.05, 4.69) is 15.5 Å². The number of nitrogens with zero attached hydrogens (tertiary/aromatic N) is 6. The Morgan fingerprint density at radius 1 is 1.12 bits per heavy atom. The summed E-state index contributed by atoms with van der Waals surface area (Å²) >= 11 is 0. The number of fused-ring (bicyclic) bond motifs is 1. The predicted molar refractivity (Wildman–Crippen MR) is 87.6 cm³/mol. The van der Waals surface area contributed by atoms with E-state index in [-0.39, 0.29) is 11.6 Å². The molecule has 9 heteroatoms. The molecule has 0 atom stereocenters. The Hall–Kier alpha value is -3.62. The summed E-state index contributed by atoms with van der Waals surface area (Å²) in [6, 6.07) is 11.8. The molecule has 0 N–H and O–H groups in total. The predicted octanol–water partition coefficient (Wildman–Crippen LogP) is 1.77. The molecule has 1 aromatic heterocycles. The molecule has 25 heavy (non-hydrogen) atoms. The number of anilines is 1. The van der Waals surface area contributed by atoms with Crippen molar-refractivity contribution >= 4 is 17.3 Å². The van der Waals surface area contributed by atoms with Crippen molar-refractivity contribution in [3.8, 4) is 5.69 Å². The molecule has 3 aromatic rings. The first-order valence-corrected chi connectivity index (χ1v) is 7.57. The Kier molecular flexibility index (Phi) is 3.46. The first-order valence-electron chi connectivity index (χ1n) is 7.57. The summed E-state index contributed by atoms with van der Waals surface area (Å²) in [5.41, 5.74) is 2.18. The molecule has 0 radical (unpaired) electrons. The van der Waals surface area contributed by atoms with Gasteiger partial charge in [-0.15, -0.1) is 5.10 Å². The van der Waals surface area contributed by atoms with Gasteiger partial charge in [-0.2, -0.15) is 4.68 Å². The van der Waals surface area contributed by atoms with Crippen molar-refractivity contribution in [2.24, 2.45) is 0 Å². The molecule has 0 bridgehead atoms. The molecule has 0 spiro atoms. The Bertz CT molecular complexity index is 970.